The van der Waals surface area contributed by atoms with Crippen LogP contribution in [0.15, 0.2) is 30.5 Å². The van der Waals surface area contributed by atoms with Crippen molar-refractivity contribution >= 4 is 11.9 Å². The van der Waals surface area contributed by atoms with Crippen molar-refractivity contribution in [2.75, 3.05) is 26.3 Å². The molecular formula is C29H40N8O2. The molecule has 3 N–H and O–H groups in total. The molecule has 1 unspecified atom stereocenters. The summed E-state index contributed by atoms with van der Waals surface area (Å²) in [7, 11) is 0. The SMILES string of the molecule is Cc1nc(-c2cn3c(n2)-c2ccc(/C(=C/C=N)NC4CCCN(C(C)(C)CO)C4)cc2OCC3)n(C(C)C)n1. The van der Waals surface area contributed by atoms with Crippen molar-refractivity contribution in [1.29, 1.82) is 5.41 Å². The number of nitrogens with zero attached hydrogens (tertiary/aromatic N) is 6. The maximum Gasteiger partial charge on any atom is 0.178 e. The molecule has 0 saturated carbocycles. The van der Waals surface area contributed by atoms with Crippen LogP contribution in [0.4, 0.5) is 0 Å². The zero-order valence-electron chi connectivity index (χ0n) is 23.6. The fourth-order valence-electron chi connectivity index (χ4n) is 5.40. The van der Waals surface area contributed by atoms with Gasteiger partial charge in [0.15, 0.2) is 5.82 Å². The van der Waals surface area contributed by atoms with Gasteiger partial charge >= 0.3 is 0 Å². The van der Waals surface area contributed by atoms with Gasteiger partial charge in [-0.25, -0.2) is 14.6 Å². The lowest BCUT2D eigenvalue weighted by molar-refractivity contribution is 0.0338. The minimum Gasteiger partial charge on any atom is -0.491 e. The number of rotatable bonds is 8. The van der Waals surface area contributed by atoms with Crippen LogP contribution in [0.3, 0.4) is 0 Å². The van der Waals surface area contributed by atoms with E-state index in [9.17, 15) is 5.11 Å². The highest BCUT2D eigenvalue weighted by atomic mass is 16.5. The Balaban J connectivity index is 1.43. The van der Waals surface area contributed by atoms with Gasteiger partial charge in [0.2, 0.25) is 0 Å². The number of imidazole rings is 1. The van der Waals surface area contributed by atoms with Gasteiger partial charge in [-0.3, -0.25) is 4.90 Å². The Bertz CT molecular complexity index is 1370. The molecule has 5 rings (SSSR count). The van der Waals surface area contributed by atoms with Crippen LogP contribution in [0, 0.1) is 12.3 Å². The average molecular weight is 533 g/mol. The Labute approximate surface area is 230 Å². The number of aromatic nitrogens is 5. The monoisotopic (exact) mass is 532 g/mol. The Morgan fingerprint density at radius 1 is 1.26 bits per heavy atom. The standard InChI is InChI=1S/C29H40N8O2/c1-19(2)37-28(31-20(3)34-37)25-17-35-13-14-39-26-15-21(8-9-23(26)27(35)33-25)24(10-11-30)32-22-7-6-12-36(16-22)29(4,5)18-38/h8-11,15,17,19,22,30,32,38H,6-7,12-14,16,18H2,1-5H3/b24-10-,30-11?. The van der Waals surface area contributed by atoms with E-state index in [1.807, 2.05) is 23.9 Å². The zero-order chi connectivity index (χ0) is 27.7. The molecule has 1 atom stereocenters. The summed E-state index contributed by atoms with van der Waals surface area (Å²) < 4.78 is 10.2. The van der Waals surface area contributed by atoms with E-state index in [1.54, 1.807) is 6.08 Å². The van der Waals surface area contributed by atoms with Gasteiger partial charge in [0.05, 0.1) is 18.7 Å². The van der Waals surface area contributed by atoms with Crippen molar-refractivity contribution in [3.63, 3.8) is 0 Å². The van der Waals surface area contributed by atoms with Crippen LogP contribution < -0.4 is 10.1 Å². The van der Waals surface area contributed by atoms with Gasteiger partial charge in [0.1, 0.15) is 29.7 Å². The van der Waals surface area contributed by atoms with E-state index in [0.29, 0.717) is 13.2 Å². The van der Waals surface area contributed by atoms with Crippen molar-refractivity contribution in [2.45, 2.75) is 71.6 Å². The number of hydrogen-bond donors (Lipinski definition) is 3. The Kier molecular flexibility index (Phi) is 7.59. The minimum absolute atomic E-state index is 0.123. The third-order valence-corrected chi connectivity index (χ3v) is 7.63. The number of fused-ring (bicyclic) bond motifs is 3. The van der Waals surface area contributed by atoms with E-state index >= 15 is 0 Å². The predicted octanol–water partition coefficient (Wildman–Crippen LogP) is 3.91. The molecular weight excluding hydrogens is 492 g/mol. The van der Waals surface area contributed by atoms with Crippen molar-refractivity contribution < 1.29 is 9.84 Å². The Morgan fingerprint density at radius 2 is 2.08 bits per heavy atom. The van der Waals surface area contributed by atoms with Crippen LogP contribution >= 0.6 is 0 Å². The number of likely N-dealkylation sites (tertiary alicyclic amines) is 1. The van der Waals surface area contributed by atoms with Crippen LogP contribution in [0.2, 0.25) is 0 Å². The van der Waals surface area contributed by atoms with E-state index in [4.69, 9.17) is 15.1 Å². The summed E-state index contributed by atoms with van der Waals surface area (Å²) in [6, 6.07) is 6.56. The molecule has 10 heteroatoms. The van der Waals surface area contributed by atoms with Crippen molar-refractivity contribution in [2.24, 2.45) is 0 Å². The van der Waals surface area contributed by atoms with Crippen molar-refractivity contribution in [1.82, 2.24) is 34.5 Å². The van der Waals surface area contributed by atoms with Crippen molar-refractivity contribution in [3.8, 4) is 28.7 Å². The maximum atomic E-state index is 9.86. The summed E-state index contributed by atoms with van der Waals surface area (Å²) in [6.45, 7) is 13.4. The topological polar surface area (TPSA) is 117 Å². The molecule has 0 radical (unpaired) electrons. The second-order valence-electron chi connectivity index (χ2n) is 11.4. The number of nitrogens with one attached hydrogen (secondary N) is 2. The molecule has 0 bridgehead atoms. The van der Waals surface area contributed by atoms with E-state index < -0.39 is 0 Å². The molecule has 2 aliphatic heterocycles. The van der Waals surface area contributed by atoms with Gasteiger partial charge in [-0.1, -0.05) is 6.07 Å². The Morgan fingerprint density at radius 3 is 2.82 bits per heavy atom. The number of hydrogen-bond acceptors (Lipinski definition) is 8. The molecule has 10 nitrogen and oxygen atoms in total. The highest BCUT2D eigenvalue weighted by Gasteiger charge is 2.31. The average Bonchev–Trinajstić information content (AvgIpc) is 3.48. The molecule has 208 valence electrons. The molecule has 2 aliphatic rings. The van der Waals surface area contributed by atoms with E-state index in [1.165, 1.54) is 6.21 Å². The van der Waals surface area contributed by atoms with Gasteiger partial charge in [-0.05, 0) is 72.2 Å². The van der Waals surface area contributed by atoms with Crippen LogP contribution in [-0.2, 0) is 6.54 Å². The first kappa shape index (κ1) is 27.1. The van der Waals surface area contributed by atoms with Gasteiger partial charge in [-0.15, -0.1) is 0 Å². The molecule has 2 aromatic heterocycles. The molecule has 1 saturated heterocycles. The molecule has 39 heavy (non-hydrogen) atoms. The van der Waals surface area contributed by atoms with E-state index in [0.717, 1.165) is 71.7 Å². The van der Waals surface area contributed by atoms with E-state index in [2.05, 4.69) is 64.7 Å². The molecule has 4 heterocycles. The normalized spacial score (nSPS) is 18.3. The van der Waals surface area contributed by atoms with Gasteiger partial charge < -0.3 is 25.1 Å². The molecule has 0 amide bonds. The number of allylic oxidation sites excluding steroid dienone is 1. The number of aliphatic hydroxyl groups excluding tert-OH is 1. The third-order valence-electron chi connectivity index (χ3n) is 7.63. The third kappa shape index (κ3) is 5.49. The smallest absolute Gasteiger partial charge is 0.178 e. The fraction of sp³-hybridized carbons (Fsp3) is 0.517. The van der Waals surface area contributed by atoms with Crippen LogP contribution in [0.1, 0.15) is 58.0 Å². The van der Waals surface area contributed by atoms with Gasteiger partial charge in [-0.2, -0.15) is 5.10 Å². The first-order valence-electron chi connectivity index (χ1n) is 13.8. The zero-order valence-corrected chi connectivity index (χ0v) is 23.6. The summed E-state index contributed by atoms with van der Waals surface area (Å²) in [5.41, 5.74) is 3.32. The van der Waals surface area contributed by atoms with E-state index in [-0.39, 0.29) is 24.2 Å². The predicted molar refractivity (Wildman–Crippen MR) is 153 cm³/mol. The summed E-state index contributed by atoms with van der Waals surface area (Å²) in [5, 5.41) is 25.9. The van der Waals surface area contributed by atoms with Crippen LogP contribution in [-0.4, -0.2) is 78.4 Å². The lowest BCUT2D eigenvalue weighted by atomic mass is 9.96. The van der Waals surface area contributed by atoms with Crippen LogP contribution in [0.25, 0.3) is 28.6 Å². The minimum atomic E-state index is -0.258. The summed E-state index contributed by atoms with van der Waals surface area (Å²) >= 11 is 0. The molecule has 1 fully saturated rings. The maximum absolute atomic E-state index is 9.86. The molecule has 0 aliphatic carbocycles. The number of aryl methyl sites for hydroxylation is 1. The summed E-state index contributed by atoms with van der Waals surface area (Å²) in [6.07, 6.45) is 7.25. The fourth-order valence-corrected chi connectivity index (χ4v) is 5.40. The van der Waals surface area contributed by atoms with Gasteiger partial charge in [0.25, 0.3) is 0 Å². The second kappa shape index (κ2) is 10.9. The molecule has 3 aromatic rings. The second-order valence-corrected chi connectivity index (χ2v) is 11.4. The van der Waals surface area contributed by atoms with Crippen molar-refractivity contribution in [3.05, 3.63) is 41.9 Å². The number of benzene rings is 1. The number of ether oxygens (including phenoxy) is 1. The summed E-state index contributed by atoms with van der Waals surface area (Å²) in [5.74, 6) is 3.12. The Hall–Kier alpha value is -3.50. The molecule has 0 spiro atoms. The lowest BCUT2D eigenvalue weighted by Gasteiger charge is -2.43. The number of piperidine rings is 1. The lowest BCUT2D eigenvalue weighted by Crippen LogP contribution is -2.55. The first-order valence-corrected chi connectivity index (χ1v) is 13.8. The first-order chi connectivity index (χ1) is 18.7. The number of aliphatic hydroxyl groups is 1. The van der Waals surface area contributed by atoms with Crippen LogP contribution in [0.5, 0.6) is 5.75 Å². The quantitative estimate of drug-likeness (QED) is 0.377. The highest BCUT2D eigenvalue weighted by molar-refractivity contribution is 5.83. The van der Waals surface area contributed by atoms with Gasteiger partial charge in [0, 0.05) is 47.8 Å². The largest absolute Gasteiger partial charge is 0.491 e. The highest BCUT2D eigenvalue weighted by Crippen LogP contribution is 2.36. The molecule has 1 aromatic carbocycles. The summed E-state index contributed by atoms with van der Waals surface area (Å²) in [4.78, 5) is 12.0.